The molecule has 0 spiro atoms. The lowest BCUT2D eigenvalue weighted by Gasteiger charge is -2.36. The van der Waals surface area contributed by atoms with Gasteiger partial charge in [0, 0.05) is 57.1 Å². The highest BCUT2D eigenvalue weighted by atomic mass is 16.1. The average molecular weight is 370 g/mol. The van der Waals surface area contributed by atoms with Crippen LogP contribution in [-0.4, -0.2) is 60.3 Å². The van der Waals surface area contributed by atoms with Crippen LogP contribution >= 0.6 is 0 Å². The lowest BCUT2D eigenvalue weighted by molar-refractivity contribution is -0.121. The number of nitrogens with one attached hydrogen (secondary N) is 2. The van der Waals surface area contributed by atoms with Crippen LogP contribution in [0, 0.1) is 20.8 Å². The molecule has 0 unspecified atom stereocenters. The second-order valence-corrected chi connectivity index (χ2v) is 7.43. The third-order valence-electron chi connectivity index (χ3n) is 5.37. The molecule has 0 saturated carbocycles. The molecule has 6 heteroatoms. The number of aryl methyl sites for hydroxylation is 3. The Hall–Kier alpha value is -2.34. The number of hydrogen-bond acceptors (Lipinski definition) is 4. The predicted molar refractivity (Wildman–Crippen MR) is 109 cm³/mol. The quantitative estimate of drug-likeness (QED) is 0.785. The molecule has 2 aromatic rings. The van der Waals surface area contributed by atoms with Gasteiger partial charge in [0.2, 0.25) is 5.91 Å². The number of H-pyrrole nitrogens is 1. The highest BCUT2D eigenvalue weighted by Crippen LogP contribution is 2.17. The molecule has 27 heavy (non-hydrogen) atoms. The van der Waals surface area contributed by atoms with Crippen LogP contribution in [0.1, 0.15) is 28.9 Å². The summed E-state index contributed by atoms with van der Waals surface area (Å²) in [4.78, 5) is 17.0. The Balaban J connectivity index is 1.34. The number of piperazine rings is 1. The number of aromatic nitrogens is 2. The van der Waals surface area contributed by atoms with Crippen molar-refractivity contribution in [2.24, 2.45) is 0 Å². The minimum atomic E-state index is 0.134. The zero-order chi connectivity index (χ0) is 19.2. The molecule has 0 bridgehead atoms. The van der Waals surface area contributed by atoms with Gasteiger partial charge in [-0.15, -0.1) is 0 Å². The normalized spacial score (nSPS) is 15.1. The third kappa shape index (κ3) is 5.32. The first-order valence-corrected chi connectivity index (χ1v) is 9.84. The van der Waals surface area contributed by atoms with Gasteiger partial charge in [-0.2, -0.15) is 5.10 Å². The molecule has 1 aliphatic heterocycles. The van der Waals surface area contributed by atoms with E-state index in [1.807, 2.05) is 13.8 Å². The van der Waals surface area contributed by atoms with E-state index >= 15 is 0 Å². The first kappa shape index (κ1) is 19.4. The number of hydrogen-bond donors (Lipinski definition) is 2. The summed E-state index contributed by atoms with van der Waals surface area (Å²) in [6.45, 7) is 11.7. The summed E-state index contributed by atoms with van der Waals surface area (Å²) in [5.74, 6) is 0.134. The van der Waals surface area contributed by atoms with Gasteiger partial charge in [0.25, 0.3) is 0 Å². The second-order valence-electron chi connectivity index (χ2n) is 7.43. The monoisotopic (exact) mass is 369 g/mol. The van der Waals surface area contributed by atoms with Crippen molar-refractivity contribution < 1.29 is 4.79 Å². The molecule has 6 nitrogen and oxygen atoms in total. The van der Waals surface area contributed by atoms with Gasteiger partial charge in [0.1, 0.15) is 0 Å². The second kappa shape index (κ2) is 9.04. The maximum Gasteiger partial charge on any atom is 0.221 e. The number of carbonyl (C=O) groups excluding carboxylic acids is 1. The van der Waals surface area contributed by atoms with Crippen molar-refractivity contribution in [1.29, 1.82) is 0 Å². The highest BCUT2D eigenvalue weighted by molar-refractivity contribution is 5.76. The fourth-order valence-electron chi connectivity index (χ4n) is 3.67. The molecule has 1 saturated heterocycles. The summed E-state index contributed by atoms with van der Waals surface area (Å²) in [6.07, 6.45) is 1.39. The maximum absolute atomic E-state index is 12.1. The Morgan fingerprint density at radius 3 is 2.63 bits per heavy atom. The molecule has 2 heterocycles. The molecule has 1 amide bonds. The van der Waals surface area contributed by atoms with Gasteiger partial charge in [-0.25, -0.2) is 0 Å². The van der Waals surface area contributed by atoms with Gasteiger partial charge in [-0.1, -0.05) is 12.1 Å². The summed E-state index contributed by atoms with van der Waals surface area (Å²) in [5, 5.41) is 10.2. The minimum Gasteiger partial charge on any atom is -0.369 e. The zero-order valence-corrected chi connectivity index (χ0v) is 16.7. The largest absolute Gasteiger partial charge is 0.369 e. The lowest BCUT2D eigenvalue weighted by Crippen LogP contribution is -2.47. The van der Waals surface area contributed by atoms with Crippen LogP contribution in [0.3, 0.4) is 0 Å². The average Bonchev–Trinajstić information content (AvgIpc) is 2.99. The Bertz CT molecular complexity index is 742. The van der Waals surface area contributed by atoms with Gasteiger partial charge in [0.05, 0.1) is 5.69 Å². The number of rotatable bonds is 7. The van der Waals surface area contributed by atoms with Crippen molar-refractivity contribution in [1.82, 2.24) is 20.4 Å². The SMILES string of the molecule is Cc1cccc(N2CCN(CCC(=O)NCCc3c(C)n[nH]c3C)CC2)c1. The zero-order valence-electron chi connectivity index (χ0n) is 16.7. The van der Waals surface area contributed by atoms with E-state index in [4.69, 9.17) is 0 Å². The molecule has 146 valence electrons. The maximum atomic E-state index is 12.1. The molecule has 0 aliphatic carbocycles. The van der Waals surface area contributed by atoms with Gasteiger partial charge in [-0.3, -0.25) is 14.8 Å². The first-order valence-electron chi connectivity index (χ1n) is 9.84. The lowest BCUT2D eigenvalue weighted by atomic mass is 10.1. The van der Waals surface area contributed by atoms with E-state index in [-0.39, 0.29) is 5.91 Å². The van der Waals surface area contributed by atoms with Crippen molar-refractivity contribution in [2.45, 2.75) is 33.6 Å². The Labute approximate surface area is 161 Å². The van der Waals surface area contributed by atoms with Gasteiger partial charge in [0.15, 0.2) is 0 Å². The van der Waals surface area contributed by atoms with E-state index in [2.05, 4.69) is 56.5 Å². The number of nitrogens with zero attached hydrogens (tertiary/aromatic N) is 3. The van der Waals surface area contributed by atoms with Crippen LogP contribution in [0.15, 0.2) is 24.3 Å². The predicted octanol–water partition coefficient (Wildman–Crippen LogP) is 2.21. The van der Waals surface area contributed by atoms with E-state index in [9.17, 15) is 4.79 Å². The highest BCUT2D eigenvalue weighted by Gasteiger charge is 2.18. The summed E-state index contributed by atoms with van der Waals surface area (Å²) in [6, 6.07) is 8.67. The molecule has 1 aliphatic rings. The molecule has 1 aromatic heterocycles. The minimum absolute atomic E-state index is 0.134. The molecular weight excluding hydrogens is 338 g/mol. The van der Waals surface area contributed by atoms with E-state index in [1.54, 1.807) is 0 Å². The fraction of sp³-hybridized carbons (Fsp3) is 0.524. The van der Waals surface area contributed by atoms with Crippen LogP contribution in [0.2, 0.25) is 0 Å². The standard InChI is InChI=1S/C21H31N5O/c1-16-5-4-6-19(15-16)26-13-11-25(12-14-26)10-8-21(27)22-9-7-20-17(2)23-24-18(20)3/h4-6,15H,7-14H2,1-3H3,(H,22,27)(H,23,24). The van der Waals surface area contributed by atoms with Crippen molar-refractivity contribution in [3.05, 3.63) is 46.8 Å². The number of anilines is 1. The van der Waals surface area contributed by atoms with Crippen molar-refractivity contribution in [3.8, 4) is 0 Å². The first-order chi connectivity index (χ1) is 13.0. The summed E-state index contributed by atoms with van der Waals surface area (Å²) in [7, 11) is 0. The van der Waals surface area contributed by atoms with E-state index < -0.39 is 0 Å². The van der Waals surface area contributed by atoms with Crippen molar-refractivity contribution in [3.63, 3.8) is 0 Å². The van der Waals surface area contributed by atoms with Gasteiger partial charge in [-0.05, 0) is 50.5 Å². The number of carbonyl (C=O) groups is 1. The number of benzene rings is 1. The summed E-state index contributed by atoms with van der Waals surface area (Å²) in [5.41, 5.74) is 5.92. The fourth-order valence-corrected chi connectivity index (χ4v) is 3.67. The molecule has 1 fully saturated rings. The van der Waals surface area contributed by atoms with Crippen molar-refractivity contribution in [2.75, 3.05) is 44.2 Å². The molecule has 1 aromatic carbocycles. The molecule has 3 rings (SSSR count). The van der Waals surface area contributed by atoms with Crippen molar-refractivity contribution >= 4 is 11.6 Å². The van der Waals surface area contributed by atoms with Crippen LogP contribution in [0.5, 0.6) is 0 Å². The van der Waals surface area contributed by atoms with E-state index in [0.29, 0.717) is 13.0 Å². The molecule has 0 atom stereocenters. The summed E-state index contributed by atoms with van der Waals surface area (Å²) >= 11 is 0. The van der Waals surface area contributed by atoms with E-state index in [0.717, 1.165) is 50.5 Å². The molecule has 0 radical (unpaired) electrons. The smallest absolute Gasteiger partial charge is 0.221 e. The Kier molecular flexibility index (Phi) is 6.50. The Morgan fingerprint density at radius 1 is 1.19 bits per heavy atom. The topological polar surface area (TPSA) is 64.3 Å². The Morgan fingerprint density at radius 2 is 1.96 bits per heavy atom. The van der Waals surface area contributed by atoms with Crippen LogP contribution in [0.25, 0.3) is 0 Å². The molecular formula is C21H31N5O. The van der Waals surface area contributed by atoms with Crippen LogP contribution in [-0.2, 0) is 11.2 Å². The van der Waals surface area contributed by atoms with E-state index in [1.165, 1.54) is 16.8 Å². The number of aromatic amines is 1. The number of amides is 1. The van der Waals surface area contributed by atoms with Gasteiger partial charge >= 0.3 is 0 Å². The third-order valence-corrected chi connectivity index (χ3v) is 5.37. The van der Waals surface area contributed by atoms with Gasteiger partial charge < -0.3 is 10.2 Å². The van der Waals surface area contributed by atoms with Crippen LogP contribution in [0.4, 0.5) is 5.69 Å². The van der Waals surface area contributed by atoms with Crippen LogP contribution < -0.4 is 10.2 Å². The molecule has 2 N–H and O–H groups in total. The summed E-state index contributed by atoms with van der Waals surface area (Å²) < 4.78 is 0.